The molecular formula is C15H27N3O. The quantitative estimate of drug-likeness (QED) is 0.768. The topological polar surface area (TPSA) is 41.7 Å². The van der Waals surface area contributed by atoms with Crippen LogP contribution in [-0.4, -0.2) is 45.7 Å². The van der Waals surface area contributed by atoms with Crippen LogP contribution >= 0.6 is 0 Å². The van der Waals surface area contributed by atoms with E-state index in [0.717, 1.165) is 36.8 Å². The summed E-state index contributed by atoms with van der Waals surface area (Å²) >= 11 is 0. The van der Waals surface area contributed by atoms with E-state index in [9.17, 15) is 0 Å². The minimum atomic E-state index is 0.591. The summed E-state index contributed by atoms with van der Waals surface area (Å²) in [6.45, 7) is 7.40. The second-order valence-corrected chi connectivity index (χ2v) is 5.54. The van der Waals surface area contributed by atoms with Crippen LogP contribution in [0.3, 0.4) is 0 Å². The second-order valence-electron chi connectivity index (χ2n) is 5.54. The number of hydrogen-bond acceptors (Lipinski definition) is 4. The average molecular weight is 265 g/mol. The SMILES string of the molecule is COc1cccc(N(CCN(C)C)CC(C)C)c1N. The molecule has 0 aliphatic heterocycles. The van der Waals surface area contributed by atoms with E-state index < -0.39 is 0 Å². The number of anilines is 2. The summed E-state index contributed by atoms with van der Waals surface area (Å²) in [6.07, 6.45) is 0. The minimum absolute atomic E-state index is 0.591. The van der Waals surface area contributed by atoms with E-state index in [1.54, 1.807) is 7.11 Å². The normalized spacial score (nSPS) is 11.1. The molecule has 0 heterocycles. The molecule has 0 fully saturated rings. The summed E-state index contributed by atoms with van der Waals surface area (Å²) in [7, 11) is 5.83. The van der Waals surface area contributed by atoms with Gasteiger partial charge < -0.3 is 20.3 Å². The van der Waals surface area contributed by atoms with Gasteiger partial charge in [-0.2, -0.15) is 0 Å². The first-order valence-corrected chi connectivity index (χ1v) is 6.77. The number of likely N-dealkylation sites (N-methyl/N-ethyl adjacent to an activating group) is 1. The highest BCUT2D eigenvalue weighted by molar-refractivity contribution is 5.74. The van der Waals surface area contributed by atoms with Crippen molar-refractivity contribution in [3.05, 3.63) is 18.2 Å². The maximum absolute atomic E-state index is 6.20. The van der Waals surface area contributed by atoms with E-state index >= 15 is 0 Å². The monoisotopic (exact) mass is 265 g/mol. The molecular weight excluding hydrogens is 238 g/mol. The van der Waals surface area contributed by atoms with Crippen molar-refractivity contribution in [2.45, 2.75) is 13.8 Å². The standard InChI is InChI=1S/C15H27N3O/c1-12(2)11-18(10-9-17(3)4)13-7-6-8-14(19-5)15(13)16/h6-8,12H,9-11,16H2,1-5H3. The van der Waals surface area contributed by atoms with Gasteiger partial charge in [0, 0.05) is 19.6 Å². The Morgan fingerprint density at radius 2 is 1.89 bits per heavy atom. The fraction of sp³-hybridized carbons (Fsp3) is 0.600. The third kappa shape index (κ3) is 4.63. The molecule has 0 saturated heterocycles. The third-order valence-electron chi connectivity index (χ3n) is 3.01. The first-order valence-electron chi connectivity index (χ1n) is 6.77. The molecule has 1 rings (SSSR count). The van der Waals surface area contributed by atoms with E-state index in [2.05, 4.69) is 43.8 Å². The Morgan fingerprint density at radius 1 is 1.21 bits per heavy atom. The molecule has 0 saturated carbocycles. The zero-order chi connectivity index (χ0) is 14.4. The van der Waals surface area contributed by atoms with E-state index in [1.807, 2.05) is 12.1 Å². The largest absolute Gasteiger partial charge is 0.495 e. The predicted octanol–water partition coefficient (Wildman–Crippen LogP) is 2.30. The molecule has 108 valence electrons. The summed E-state index contributed by atoms with van der Waals surface area (Å²) in [5, 5.41) is 0. The van der Waals surface area contributed by atoms with Crippen LogP contribution in [-0.2, 0) is 0 Å². The van der Waals surface area contributed by atoms with Crippen LogP contribution in [0.4, 0.5) is 11.4 Å². The lowest BCUT2D eigenvalue weighted by Crippen LogP contribution is -2.34. The number of nitrogens with two attached hydrogens (primary N) is 1. The average Bonchev–Trinajstić information content (AvgIpc) is 2.34. The first kappa shape index (κ1) is 15.6. The highest BCUT2D eigenvalue weighted by Gasteiger charge is 2.14. The molecule has 0 bridgehead atoms. The lowest BCUT2D eigenvalue weighted by molar-refractivity contribution is 0.407. The van der Waals surface area contributed by atoms with E-state index in [-0.39, 0.29) is 0 Å². The predicted molar refractivity (Wildman–Crippen MR) is 83.0 cm³/mol. The van der Waals surface area contributed by atoms with Crippen LogP contribution in [0, 0.1) is 5.92 Å². The molecule has 0 aliphatic carbocycles. The highest BCUT2D eigenvalue weighted by atomic mass is 16.5. The summed E-state index contributed by atoms with van der Waals surface area (Å²) in [5.41, 5.74) is 7.99. The van der Waals surface area contributed by atoms with Crippen molar-refractivity contribution < 1.29 is 4.74 Å². The Kier molecular flexibility index (Phi) is 5.96. The van der Waals surface area contributed by atoms with Gasteiger partial charge in [-0.1, -0.05) is 19.9 Å². The molecule has 0 unspecified atom stereocenters. The molecule has 4 nitrogen and oxygen atoms in total. The number of methoxy groups -OCH3 is 1. The Hall–Kier alpha value is -1.42. The van der Waals surface area contributed by atoms with Crippen LogP contribution in [0.5, 0.6) is 5.75 Å². The first-order chi connectivity index (χ1) is 8.95. The molecule has 1 aromatic carbocycles. The Morgan fingerprint density at radius 3 is 2.42 bits per heavy atom. The number of benzene rings is 1. The van der Waals surface area contributed by atoms with Crippen molar-refractivity contribution in [3.8, 4) is 5.75 Å². The van der Waals surface area contributed by atoms with Crippen LogP contribution < -0.4 is 15.4 Å². The van der Waals surface area contributed by atoms with E-state index in [1.165, 1.54) is 0 Å². The van der Waals surface area contributed by atoms with Crippen LogP contribution in [0.2, 0.25) is 0 Å². The van der Waals surface area contributed by atoms with Crippen LogP contribution in [0.1, 0.15) is 13.8 Å². The zero-order valence-corrected chi connectivity index (χ0v) is 12.8. The molecule has 0 radical (unpaired) electrons. The van der Waals surface area contributed by atoms with Crippen LogP contribution in [0.15, 0.2) is 18.2 Å². The number of para-hydroxylation sites is 1. The number of nitrogens with zero attached hydrogens (tertiary/aromatic N) is 2. The number of nitrogen functional groups attached to an aromatic ring is 1. The summed E-state index contributed by atoms with van der Waals surface area (Å²) < 4.78 is 5.30. The Balaban J connectivity index is 2.95. The summed E-state index contributed by atoms with van der Waals surface area (Å²) in [6, 6.07) is 5.96. The van der Waals surface area contributed by atoms with Crippen molar-refractivity contribution in [3.63, 3.8) is 0 Å². The maximum Gasteiger partial charge on any atom is 0.143 e. The fourth-order valence-corrected chi connectivity index (χ4v) is 2.06. The maximum atomic E-state index is 6.20. The van der Waals surface area contributed by atoms with Gasteiger partial charge in [0.15, 0.2) is 0 Å². The van der Waals surface area contributed by atoms with Crippen molar-refractivity contribution in [2.24, 2.45) is 5.92 Å². The lowest BCUT2D eigenvalue weighted by Gasteiger charge is -2.29. The van der Waals surface area contributed by atoms with Gasteiger partial charge in [0.25, 0.3) is 0 Å². The van der Waals surface area contributed by atoms with Crippen molar-refractivity contribution in [1.82, 2.24) is 4.90 Å². The Labute approximate surface area is 117 Å². The van der Waals surface area contributed by atoms with Crippen LogP contribution in [0.25, 0.3) is 0 Å². The van der Waals surface area contributed by atoms with Crippen molar-refractivity contribution in [2.75, 3.05) is 51.5 Å². The summed E-state index contributed by atoms with van der Waals surface area (Å²) in [4.78, 5) is 4.52. The van der Waals surface area contributed by atoms with E-state index in [4.69, 9.17) is 10.5 Å². The lowest BCUT2D eigenvalue weighted by atomic mass is 10.1. The highest BCUT2D eigenvalue weighted by Crippen LogP contribution is 2.32. The molecule has 2 N–H and O–H groups in total. The smallest absolute Gasteiger partial charge is 0.143 e. The number of hydrogen-bond donors (Lipinski definition) is 1. The van der Waals surface area contributed by atoms with E-state index in [0.29, 0.717) is 5.92 Å². The summed E-state index contributed by atoms with van der Waals surface area (Å²) in [5.74, 6) is 1.34. The van der Waals surface area contributed by atoms with Gasteiger partial charge in [-0.3, -0.25) is 0 Å². The van der Waals surface area contributed by atoms with Crippen molar-refractivity contribution >= 4 is 11.4 Å². The van der Waals surface area contributed by atoms with Gasteiger partial charge >= 0.3 is 0 Å². The van der Waals surface area contributed by atoms with Crippen molar-refractivity contribution in [1.29, 1.82) is 0 Å². The number of ether oxygens (including phenoxy) is 1. The van der Waals surface area contributed by atoms with Gasteiger partial charge in [-0.25, -0.2) is 0 Å². The fourth-order valence-electron chi connectivity index (χ4n) is 2.06. The minimum Gasteiger partial charge on any atom is -0.495 e. The van der Waals surface area contributed by atoms with Gasteiger partial charge in [0.05, 0.1) is 18.5 Å². The molecule has 1 aromatic rings. The molecule has 0 atom stereocenters. The molecule has 19 heavy (non-hydrogen) atoms. The molecule has 0 amide bonds. The third-order valence-corrected chi connectivity index (χ3v) is 3.01. The number of rotatable bonds is 7. The molecule has 0 aromatic heterocycles. The molecule has 4 heteroatoms. The van der Waals surface area contributed by atoms with Gasteiger partial charge in [-0.15, -0.1) is 0 Å². The molecule has 0 spiro atoms. The van der Waals surface area contributed by atoms with Gasteiger partial charge in [-0.05, 0) is 32.1 Å². The second kappa shape index (κ2) is 7.24. The van der Waals surface area contributed by atoms with Gasteiger partial charge in [0.1, 0.15) is 5.75 Å². The zero-order valence-electron chi connectivity index (χ0n) is 12.8. The Bertz CT molecular complexity index is 391. The van der Waals surface area contributed by atoms with Gasteiger partial charge in [0.2, 0.25) is 0 Å². The molecule has 0 aliphatic rings.